The van der Waals surface area contributed by atoms with Gasteiger partial charge < -0.3 is 0 Å². The van der Waals surface area contributed by atoms with Gasteiger partial charge in [0.15, 0.2) is 0 Å². The molecule has 0 atom stereocenters. The molecule has 1 aromatic rings. The van der Waals surface area contributed by atoms with Crippen molar-refractivity contribution in [3.8, 4) is 0 Å². The first-order valence-electron chi connectivity index (χ1n) is 3.42. The number of aromatic nitrogens is 1. The van der Waals surface area contributed by atoms with Gasteiger partial charge in [-0.15, -0.1) is 11.3 Å². The van der Waals surface area contributed by atoms with Crippen LogP contribution in [0.2, 0.25) is 19.6 Å². The Kier molecular flexibility index (Phi) is 1.96. The predicted octanol–water partition coefficient (Wildman–Crippen LogP) is 2.00. The summed E-state index contributed by atoms with van der Waals surface area (Å²) in [5, 5.41) is 0. The van der Waals surface area contributed by atoms with Crippen molar-refractivity contribution in [2.45, 2.75) is 26.6 Å². The lowest BCUT2D eigenvalue weighted by atomic mass is 10.6. The van der Waals surface area contributed by atoms with Crippen LogP contribution in [-0.2, 0) is 0 Å². The number of thiazole rings is 1. The van der Waals surface area contributed by atoms with E-state index in [1.54, 1.807) is 0 Å². The molecule has 1 nitrogen and oxygen atoms in total. The van der Waals surface area contributed by atoms with E-state index in [4.69, 9.17) is 0 Å². The highest BCUT2D eigenvalue weighted by atomic mass is 32.1. The standard InChI is InChI=1S/C7H13NSSi/c1-6-7(9-5-8-6)10(2,3)4/h5H,1-4H3. The van der Waals surface area contributed by atoms with E-state index >= 15 is 0 Å². The van der Waals surface area contributed by atoms with Gasteiger partial charge in [-0.1, -0.05) is 19.6 Å². The summed E-state index contributed by atoms with van der Waals surface area (Å²) in [6.45, 7) is 9.17. The zero-order valence-corrected chi connectivity index (χ0v) is 8.75. The van der Waals surface area contributed by atoms with Crippen LogP contribution in [0.3, 0.4) is 0 Å². The average molecular weight is 171 g/mol. The lowest BCUT2D eigenvalue weighted by Gasteiger charge is -2.13. The number of nitrogens with zero attached hydrogens (tertiary/aromatic N) is 1. The molecule has 0 unspecified atom stereocenters. The van der Waals surface area contributed by atoms with Gasteiger partial charge in [-0.2, -0.15) is 0 Å². The lowest BCUT2D eigenvalue weighted by molar-refractivity contribution is 1.28. The highest BCUT2D eigenvalue weighted by Crippen LogP contribution is 2.08. The molecule has 1 rings (SSSR count). The molecule has 10 heavy (non-hydrogen) atoms. The quantitative estimate of drug-likeness (QED) is 0.589. The van der Waals surface area contributed by atoms with Gasteiger partial charge >= 0.3 is 0 Å². The van der Waals surface area contributed by atoms with E-state index in [2.05, 4.69) is 31.5 Å². The van der Waals surface area contributed by atoms with E-state index in [1.165, 1.54) is 10.2 Å². The van der Waals surface area contributed by atoms with Gasteiger partial charge in [-0.05, 0) is 6.92 Å². The fraction of sp³-hybridized carbons (Fsp3) is 0.571. The number of hydrogen-bond donors (Lipinski definition) is 0. The van der Waals surface area contributed by atoms with E-state index in [1.807, 2.05) is 16.8 Å². The average Bonchev–Trinajstić information content (AvgIpc) is 2.11. The van der Waals surface area contributed by atoms with Crippen LogP contribution in [0.25, 0.3) is 0 Å². The molecule has 0 aliphatic heterocycles. The van der Waals surface area contributed by atoms with Gasteiger partial charge in [-0.25, -0.2) is 0 Å². The van der Waals surface area contributed by atoms with E-state index in [9.17, 15) is 0 Å². The molecule has 0 aromatic carbocycles. The van der Waals surface area contributed by atoms with E-state index < -0.39 is 8.07 Å². The van der Waals surface area contributed by atoms with E-state index in [0.717, 1.165) is 0 Å². The maximum absolute atomic E-state index is 4.24. The largest absolute Gasteiger partial charge is 0.250 e. The highest BCUT2D eigenvalue weighted by molar-refractivity contribution is 7.25. The SMILES string of the molecule is Cc1ncsc1[Si](C)(C)C. The molecule has 0 saturated heterocycles. The van der Waals surface area contributed by atoms with E-state index in [-0.39, 0.29) is 0 Å². The molecule has 1 aromatic heterocycles. The van der Waals surface area contributed by atoms with Gasteiger partial charge in [0.05, 0.1) is 13.6 Å². The molecule has 0 aliphatic carbocycles. The predicted molar refractivity (Wildman–Crippen MR) is 49.8 cm³/mol. The Morgan fingerprint density at radius 1 is 1.40 bits per heavy atom. The summed E-state index contributed by atoms with van der Waals surface area (Å²) in [6, 6.07) is 0. The van der Waals surface area contributed by atoms with Gasteiger partial charge in [0.25, 0.3) is 0 Å². The Morgan fingerprint density at radius 2 is 2.00 bits per heavy atom. The fourth-order valence-corrected chi connectivity index (χ4v) is 4.28. The van der Waals surface area contributed by atoms with Crippen LogP contribution in [0.1, 0.15) is 5.69 Å². The molecule has 0 spiro atoms. The number of hydrogen-bond acceptors (Lipinski definition) is 2. The van der Waals surface area contributed by atoms with Crippen molar-refractivity contribution in [3.63, 3.8) is 0 Å². The second kappa shape index (κ2) is 2.47. The van der Waals surface area contributed by atoms with Crippen LogP contribution in [-0.4, -0.2) is 13.1 Å². The minimum Gasteiger partial charge on any atom is -0.250 e. The number of rotatable bonds is 1. The monoisotopic (exact) mass is 171 g/mol. The summed E-state index contributed by atoms with van der Waals surface area (Å²) in [7, 11) is -1.07. The molecule has 0 radical (unpaired) electrons. The van der Waals surface area contributed by atoms with Gasteiger partial charge in [0.1, 0.15) is 0 Å². The van der Waals surface area contributed by atoms with Crippen LogP contribution >= 0.6 is 11.3 Å². The molecule has 0 bridgehead atoms. The summed E-state index contributed by atoms with van der Waals surface area (Å²) in [6.07, 6.45) is 0. The normalized spacial score (nSPS) is 12.0. The first kappa shape index (κ1) is 7.95. The Morgan fingerprint density at radius 3 is 2.20 bits per heavy atom. The molecule has 0 saturated carbocycles. The zero-order chi connectivity index (χ0) is 7.78. The first-order valence-corrected chi connectivity index (χ1v) is 7.80. The van der Waals surface area contributed by atoms with Gasteiger partial charge in [0, 0.05) is 10.2 Å². The van der Waals surface area contributed by atoms with Crippen molar-refractivity contribution in [1.82, 2.24) is 4.98 Å². The molecule has 0 fully saturated rings. The molecule has 56 valence electrons. The molecule has 1 heterocycles. The molecule has 0 amide bonds. The Hall–Kier alpha value is -0.153. The Bertz CT molecular complexity index is 224. The van der Waals surface area contributed by atoms with Crippen molar-refractivity contribution < 1.29 is 0 Å². The summed E-state index contributed by atoms with van der Waals surface area (Å²) < 4.78 is 1.53. The third kappa shape index (κ3) is 1.46. The molecule has 0 N–H and O–H groups in total. The molecule has 3 heteroatoms. The third-order valence-corrected chi connectivity index (χ3v) is 6.08. The zero-order valence-electron chi connectivity index (χ0n) is 6.93. The summed E-state index contributed by atoms with van der Waals surface area (Å²) in [4.78, 5) is 4.24. The van der Waals surface area contributed by atoms with Gasteiger partial charge in [0.2, 0.25) is 0 Å². The first-order chi connectivity index (χ1) is 4.52. The van der Waals surface area contributed by atoms with Crippen molar-refractivity contribution in [1.29, 1.82) is 0 Å². The van der Waals surface area contributed by atoms with Crippen molar-refractivity contribution >= 4 is 23.9 Å². The van der Waals surface area contributed by atoms with Gasteiger partial charge in [-0.3, -0.25) is 4.98 Å². The van der Waals surface area contributed by atoms with Crippen LogP contribution in [0.5, 0.6) is 0 Å². The van der Waals surface area contributed by atoms with E-state index in [0.29, 0.717) is 0 Å². The second-order valence-corrected chi connectivity index (χ2v) is 9.73. The van der Waals surface area contributed by atoms with Crippen LogP contribution in [0.15, 0.2) is 5.51 Å². The Labute approximate surface area is 67.1 Å². The molecular weight excluding hydrogens is 158 g/mol. The maximum Gasteiger partial charge on any atom is 0.0928 e. The smallest absolute Gasteiger partial charge is 0.0928 e. The molecular formula is C7H13NSSi. The summed E-state index contributed by atoms with van der Waals surface area (Å²) in [5.41, 5.74) is 3.19. The molecule has 0 aliphatic rings. The topological polar surface area (TPSA) is 12.9 Å². The van der Waals surface area contributed by atoms with Crippen molar-refractivity contribution in [2.75, 3.05) is 0 Å². The minimum atomic E-state index is -1.07. The highest BCUT2D eigenvalue weighted by Gasteiger charge is 2.20. The van der Waals surface area contributed by atoms with Crippen LogP contribution in [0.4, 0.5) is 0 Å². The second-order valence-electron chi connectivity index (χ2n) is 3.52. The van der Waals surface area contributed by atoms with Crippen LogP contribution < -0.4 is 4.50 Å². The van der Waals surface area contributed by atoms with Crippen LogP contribution in [0, 0.1) is 6.92 Å². The summed E-state index contributed by atoms with van der Waals surface area (Å²) >= 11 is 1.81. The maximum atomic E-state index is 4.24. The van der Waals surface area contributed by atoms with Crippen molar-refractivity contribution in [3.05, 3.63) is 11.2 Å². The Balaban J connectivity index is 3.05. The number of aryl methyl sites for hydroxylation is 1. The third-order valence-electron chi connectivity index (χ3n) is 1.43. The summed E-state index contributed by atoms with van der Waals surface area (Å²) in [5.74, 6) is 0. The lowest BCUT2D eigenvalue weighted by Crippen LogP contribution is -2.36. The minimum absolute atomic E-state index is 1.07. The van der Waals surface area contributed by atoms with Crippen molar-refractivity contribution in [2.24, 2.45) is 0 Å². The fourth-order valence-electron chi connectivity index (χ4n) is 1.02.